The zero-order valence-electron chi connectivity index (χ0n) is 12.1. The van der Waals surface area contributed by atoms with E-state index in [1.165, 1.54) is 17.5 Å². The predicted molar refractivity (Wildman–Crippen MR) is 85.2 cm³/mol. The van der Waals surface area contributed by atoms with Gasteiger partial charge in [0.2, 0.25) is 0 Å². The van der Waals surface area contributed by atoms with Crippen molar-refractivity contribution in [3.05, 3.63) is 35.1 Å². The zero-order chi connectivity index (χ0) is 14.5. The number of fused-ring (bicyclic) bond motifs is 1. The summed E-state index contributed by atoms with van der Waals surface area (Å²) < 4.78 is 6.76. The lowest BCUT2D eigenvalue weighted by Gasteiger charge is -2.19. The monoisotopic (exact) mass is 312 g/mol. The van der Waals surface area contributed by atoms with E-state index in [0.29, 0.717) is 11.9 Å². The van der Waals surface area contributed by atoms with Crippen LogP contribution in [0, 0.1) is 0 Å². The Kier molecular flexibility index (Phi) is 2.73. The van der Waals surface area contributed by atoms with Crippen LogP contribution < -0.4 is 4.90 Å². The lowest BCUT2D eigenvalue weighted by molar-refractivity contribution is 0.404. The van der Waals surface area contributed by atoms with Crippen LogP contribution >= 0.6 is 11.3 Å². The summed E-state index contributed by atoms with van der Waals surface area (Å²) in [5.74, 6) is 1.41. The maximum atomic E-state index is 5.52. The van der Waals surface area contributed by atoms with Gasteiger partial charge in [0.05, 0.1) is 16.3 Å². The number of hydrogen-bond donors (Lipinski definition) is 0. The van der Waals surface area contributed by atoms with Gasteiger partial charge in [-0.2, -0.15) is 4.98 Å². The van der Waals surface area contributed by atoms with Gasteiger partial charge >= 0.3 is 6.01 Å². The predicted octanol–water partition coefficient (Wildman–Crippen LogP) is 3.90. The fourth-order valence-corrected chi connectivity index (χ4v) is 4.25. The molecule has 0 N–H and O–H groups in total. The van der Waals surface area contributed by atoms with E-state index in [-0.39, 0.29) is 6.04 Å². The molecule has 1 saturated heterocycles. The molecule has 0 amide bonds. The first-order valence-corrected chi connectivity index (χ1v) is 8.66. The minimum absolute atomic E-state index is 0.268. The molecule has 6 heteroatoms. The Morgan fingerprint density at radius 1 is 1.14 bits per heavy atom. The average molecular weight is 312 g/mol. The molecule has 0 unspecified atom stereocenters. The highest BCUT2D eigenvalue weighted by Crippen LogP contribution is 2.41. The Morgan fingerprint density at radius 3 is 2.91 bits per heavy atom. The van der Waals surface area contributed by atoms with Crippen molar-refractivity contribution in [3.8, 4) is 0 Å². The lowest BCUT2D eigenvalue weighted by atomic mass is 10.2. The van der Waals surface area contributed by atoms with Gasteiger partial charge in [-0.05, 0) is 37.8 Å². The van der Waals surface area contributed by atoms with Crippen LogP contribution in [0.15, 0.2) is 28.8 Å². The van der Waals surface area contributed by atoms with Crippen molar-refractivity contribution in [2.45, 2.75) is 37.6 Å². The van der Waals surface area contributed by atoms with Crippen LogP contribution in [0.25, 0.3) is 10.2 Å². The number of thiazole rings is 1. The molecule has 2 aromatic heterocycles. The fourth-order valence-electron chi connectivity index (χ4n) is 3.14. The Balaban J connectivity index is 1.49. The molecular weight excluding hydrogens is 296 g/mol. The van der Waals surface area contributed by atoms with E-state index in [0.717, 1.165) is 35.7 Å². The SMILES string of the molecule is c1ccc2sc([C@@H]3CCCN3c3nc(C4CC4)no3)nc2c1. The molecule has 112 valence electrons. The van der Waals surface area contributed by atoms with Crippen molar-refractivity contribution in [1.82, 2.24) is 15.1 Å². The van der Waals surface area contributed by atoms with Crippen molar-refractivity contribution >= 4 is 27.6 Å². The summed E-state index contributed by atoms with van der Waals surface area (Å²) in [6.45, 7) is 0.965. The van der Waals surface area contributed by atoms with Crippen molar-refractivity contribution in [1.29, 1.82) is 0 Å². The Labute approximate surface area is 132 Å². The molecule has 1 saturated carbocycles. The summed E-state index contributed by atoms with van der Waals surface area (Å²) in [4.78, 5) is 11.7. The standard InChI is InChI=1S/C16H16N4OS/c1-2-6-13-11(4-1)17-15(22-13)12-5-3-9-20(12)16-18-14(19-21-16)10-7-8-10/h1-2,4,6,10,12H,3,5,7-9H2/t12-/m0/s1. The number of hydrogen-bond acceptors (Lipinski definition) is 6. The quantitative estimate of drug-likeness (QED) is 0.734. The molecule has 22 heavy (non-hydrogen) atoms. The molecule has 3 aromatic rings. The molecule has 0 bridgehead atoms. The smallest absolute Gasteiger partial charge is 0.315 e. The molecule has 0 radical (unpaired) electrons. The van der Waals surface area contributed by atoms with Gasteiger partial charge in [0.15, 0.2) is 5.82 Å². The molecule has 2 fully saturated rings. The van der Waals surface area contributed by atoms with Gasteiger partial charge in [0.1, 0.15) is 5.01 Å². The second kappa shape index (κ2) is 4.78. The first-order chi connectivity index (χ1) is 10.9. The van der Waals surface area contributed by atoms with Crippen molar-refractivity contribution in [3.63, 3.8) is 0 Å². The van der Waals surface area contributed by atoms with E-state index in [9.17, 15) is 0 Å². The largest absolute Gasteiger partial charge is 0.324 e. The van der Waals surface area contributed by atoms with E-state index in [1.54, 1.807) is 11.3 Å². The van der Waals surface area contributed by atoms with E-state index < -0.39 is 0 Å². The van der Waals surface area contributed by atoms with Gasteiger partial charge in [-0.15, -0.1) is 11.3 Å². The van der Waals surface area contributed by atoms with Crippen LogP contribution in [-0.2, 0) is 0 Å². The molecular formula is C16H16N4OS. The fraction of sp³-hybridized carbons (Fsp3) is 0.438. The third-order valence-electron chi connectivity index (χ3n) is 4.47. The summed E-state index contributed by atoms with van der Waals surface area (Å²) in [6, 6.07) is 9.25. The van der Waals surface area contributed by atoms with Crippen LogP contribution in [0.1, 0.15) is 48.5 Å². The first kappa shape index (κ1) is 12.6. The normalized spacial score (nSPS) is 21.8. The minimum atomic E-state index is 0.268. The molecule has 5 rings (SSSR count). The molecule has 1 aromatic carbocycles. The summed E-state index contributed by atoms with van der Waals surface area (Å²) in [5, 5.41) is 5.31. The number of para-hydroxylation sites is 1. The lowest BCUT2D eigenvalue weighted by Crippen LogP contribution is -2.22. The molecule has 1 aliphatic carbocycles. The first-order valence-electron chi connectivity index (χ1n) is 7.84. The van der Waals surface area contributed by atoms with Gasteiger partial charge in [-0.1, -0.05) is 17.3 Å². The number of rotatable bonds is 3. The highest BCUT2D eigenvalue weighted by atomic mass is 32.1. The second-order valence-electron chi connectivity index (χ2n) is 6.08. The van der Waals surface area contributed by atoms with E-state index in [4.69, 9.17) is 9.51 Å². The molecule has 1 aliphatic heterocycles. The zero-order valence-corrected chi connectivity index (χ0v) is 12.9. The topological polar surface area (TPSA) is 55.1 Å². The van der Waals surface area contributed by atoms with Gasteiger partial charge in [0.25, 0.3) is 0 Å². The van der Waals surface area contributed by atoms with Crippen molar-refractivity contribution < 1.29 is 4.52 Å². The number of anilines is 1. The van der Waals surface area contributed by atoms with Crippen LogP contribution in [-0.4, -0.2) is 21.7 Å². The summed E-state index contributed by atoms with van der Waals surface area (Å²) >= 11 is 1.78. The maximum Gasteiger partial charge on any atom is 0.324 e. The number of benzene rings is 1. The van der Waals surface area contributed by atoms with Crippen molar-refractivity contribution in [2.24, 2.45) is 0 Å². The maximum absolute atomic E-state index is 5.52. The Morgan fingerprint density at radius 2 is 2.05 bits per heavy atom. The summed E-state index contributed by atoms with van der Waals surface area (Å²) in [6.07, 6.45) is 4.63. The number of nitrogens with zero attached hydrogens (tertiary/aromatic N) is 4. The van der Waals surface area contributed by atoms with Crippen LogP contribution in [0.4, 0.5) is 6.01 Å². The van der Waals surface area contributed by atoms with Crippen LogP contribution in [0.3, 0.4) is 0 Å². The third kappa shape index (κ3) is 2.01. The van der Waals surface area contributed by atoms with Gasteiger partial charge in [-0.25, -0.2) is 4.98 Å². The molecule has 5 nitrogen and oxygen atoms in total. The summed E-state index contributed by atoms with van der Waals surface area (Å²) in [7, 11) is 0. The minimum Gasteiger partial charge on any atom is -0.315 e. The molecule has 3 heterocycles. The molecule has 0 spiro atoms. The average Bonchev–Trinajstić information content (AvgIpc) is 2.98. The van der Waals surface area contributed by atoms with Crippen LogP contribution in [0.5, 0.6) is 0 Å². The van der Waals surface area contributed by atoms with E-state index in [2.05, 4.69) is 33.2 Å². The van der Waals surface area contributed by atoms with Gasteiger partial charge in [-0.3, -0.25) is 0 Å². The molecule has 1 atom stereocenters. The second-order valence-corrected chi connectivity index (χ2v) is 7.14. The van der Waals surface area contributed by atoms with Gasteiger partial charge in [0, 0.05) is 12.5 Å². The molecule has 2 aliphatic rings. The summed E-state index contributed by atoms with van der Waals surface area (Å²) in [5.41, 5.74) is 1.08. The van der Waals surface area contributed by atoms with E-state index >= 15 is 0 Å². The third-order valence-corrected chi connectivity index (χ3v) is 5.61. The Bertz CT molecular complexity index is 789. The van der Waals surface area contributed by atoms with Crippen molar-refractivity contribution in [2.75, 3.05) is 11.4 Å². The van der Waals surface area contributed by atoms with E-state index in [1.807, 2.05) is 6.07 Å². The Hall–Kier alpha value is -1.95. The highest BCUT2D eigenvalue weighted by Gasteiger charge is 2.34. The number of aromatic nitrogens is 3. The highest BCUT2D eigenvalue weighted by molar-refractivity contribution is 7.18. The van der Waals surface area contributed by atoms with Gasteiger partial charge < -0.3 is 9.42 Å². The van der Waals surface area contributed by atoms with Crippen LogP contribution in [0.2, 0.25) is 0 Å².